The summed E-state index contributed by atoms with van der Waals surface area (Å²) in [6.07, 6.45) is 3.22. The van der Waals surface area contributed by atoms with Crippen LogP contribution in [0.3, 0.4) is 0 Å². The third-order valence-electron chi connectivity index (χ3n) is 2.57. The Hall–Kier alpha value is -1.61. The van der Waals surface area contributed by atoms with Gasteiger partial charge in [-0.25, -0.2) is 4.98 Å². The number of para-hydroxylation sites is 1. The van der Waals surface area contributed by atoms with E-state index in [1.54, 1.807) is 12.4 Å². The standard InChI is InChI=1S/C14H15ClN2O/c1-10(2)12-5-3-4-6-13(12)18-14-9-16-11(7-15)8-17-14/h3-6,8-10H,7H2,1-2H3. The summed E-state index contributed by atoms with van der Waals surface area (Å²) < 4.78 is 5.75. The highest BCUT2D eigenvalue weighted by molar-refractivity contribution is 6.16. The molecule has 0 aliphatic heterocycles. The second kappa shape index (κ2) is 5.83. The lowest BCUT2D eigenvalue weighted by Gasteiger charge is -2.12. The van der Waals surface area contributed by atoms with Crippen molar-refractivity contribution in [3.8, 4) is 11.6 Å². The van der Waals surface area contributed by atoms with E-state index in [4.69, 9.17) is 16.3 Å². The normalized spacial score (nSPS) is 10.7. The van der Waals surface area contributed by atoms with Gasteiger partial charge in [0.2, 0.25) is 5.88 Å². The minimum absolute atomic E-state index is 0.357. The van der Waals surface area contributed by atoms with E-state index in [9.17, 15) is 0 Å². The van der Waals surface area contributed by atoms with Gasteiger partial charge in [-0.15, -0.1) is 11.6 Å². The molecule has 0 amide bonds. The lowest BCUT2D eigenvalue weighted by molar-refractivity contribution is 0.451. The van der Waals surface area contributed by atoms with Crippen LogP contribution in [-0.2, 0) is 5.88 Å². The zero-order valence-electron chi connectivity index (χ0n) is 10.4. The van der Waals surface area contributed by atoms with Gasteiger partial charge in [-0.3, -0.25) is 4.98 Å². The molecule has 1 aromatic heterocycles. The van der Waals surface area contributed by atoms with Crippen LogP contribution >= 0.6 is 11.6 Å². The van der Waals surface area contributed by atoms with E-state index in [0.717, 1.165) is 17.0 Å². The molecule has 0 aliphatic carbocycles. The third kappa shape index (κ3) is 2.99. The van der Waals surface area contributed by atoms with Gasteiger partial charge in [-0.2, -0.15) is 0 Å². The molecular formula is C14H15ClN2O. The number of halogens is 1. The second-order valence-electron chi connectivity index (χ2n) is 4.27. The van der Waals surface area contributed by atoms with Gasteiger partial charge in [0.25, 0.3) is 0 Å². The average Bonchev–Trinajstić information content (AvgIpc) is 2.40. The number of benzene rings is 1. The van der Waals surface area contributed by atoms with Crippen LogP contribution in [-0.4, -0.2) is 9.97 Å². The Bertz CT molecular complexity index is 511. The second-order valence-corrected chi connectivity index (χ2v) is 4.54. The first-order chi connectivity index (χ1) is 8.70. The van der Waals surface area contributed by atoms with Gasteiger partial charge in [0.05, 0.1) is 24.0 Å². The first-order valence-electron chi connectivity index (χ1n) is 5.84. The minimum Gasteiger partial charge on any atom is -0.437 e. The topological polar surface area (TPSA) is 35.0 Å². The number of hydrogen-bond donors (Lipinski definition) is 0. The van der Waals surface area contributed by atoms with Crippen LogP contribution in [0.25, 0.3) is 0 Å². The number of aromatic nitrogens is 2. The van der Waals surface area contributed by atoms with Crippen LogP contribution in [0.2, 0.25) is 0 Å². The molecule has 0 aliphatic rings. The van der Waals surface area contributed by atoms with Crippen LogP contribution in [0.15, 0.2) is 36.7 Å². The summed E-state index contributed by atoms with van der Waals surface area (Å²) >= 11 is 5.66. The molecule has 2 rings (SSSR count). The average molecular weight is 263 g/mol. The van der Waals surface area contributed by atoms with Crippen molar-refractivity contribution in [2.24, 2.45) is 0 Å². The third-order valence-corrected chi connectivity index (χ3v) is 2.85. The van der Waals surface area contributed by atoms with Gasteiger partial charge >= 0.3 is 0 Å². The number of nitrogens with zero attached hydrogens (tertiary/aromatic N) is 2. The summed E-state index contributed by atoms with van der Waals surface area (Å²) in [5, 5.41) is 0. The molecular weight excluding hydrogens is 248 g/mol. The lowest BCUT2D eigenvalue weighted by Crippen LogP contribution is -1.96. The molecule has 2 aromatic rings. The Morgan fingerprint density at radius 2 is 1.94 bits per heavy atom. The van der Waals surface area contributed by atoms with Gasteiger partial charge < -0.3 is 4.74 Å². The summed E-state index contributed by atoms with van der Waals surface area (Å²) in [5.41, 5.74) is 1.89. The predicted octanol–water partition coefficient (Wildman–Crippen LogP) is 4.13. The molecule has 0 atom stereocenters. The fraction of sp³-hybridized carbons (Fsp3) is 0.286. The molecule has 94 valence electrons. The maximum atomic E-state index is 5.75. The molecule has 0 fully saturated rings. The molecule has 0 radical (unpaired) electrons. The highest BCUT2D eigenvalue weighted by Crippen LogP contribution is 2.29. The highest BCUT2D eigenvalue weighted by atomic mass is 35.5. The van der Waals surface area contributed by atoms with Crippen molar-refractivity contribution in [2.75, 3.05) is 0 Å². The van der Waals surface area contributed by atoms with E-state index in [1.807, 2.05) is 18.2 Å². The largest absolute Gasteiger partial charge is 0.437 e. The number of rotatable bonds is 4. The van der Waals surface area contributed by atoms with Crippen molar-refractivity contribution in [2.45, 2.75) is 25.6 Å². The van der Waals surface area contributed by atoms with Crippen molar-refractivity contribution >= 4 is 11.6 Å². The van der Waals surface area contributed by atoms with E-state index < -0.39 is 0 Å². The van der Waals surface area contributed by atoms with Gasteiger partial charge in [0.15, 0.2) is 0 Å². The minimum atomic E-state index is 0.357. The summed E-state index contributed by atoms with van der Waals surface area (Å²) in [7, 11) is 0. The van der Waals surface area contributed by atoms with Crippen molar-refractivity contribution in [1.82, 2.24) is 9.97 Å². The summed E-state index contributed by atoms with van der Waals surface area (Å²) in [5.74, 6) is 2.06. The quantitative estimate of drug-likeness (QED) is 0.777. The molecule has 3 nitrogen and oxygen atoms in total. The summed E-state index contributed by atoms with van der Waals surface area (Å²) in [4.78, 5) is 8.32. The maximum absolute atomic E-state index is 5.75. The number of alkyl halides is 1. The predicted molar refractivity (Wildman–Crippen MR) is 72.2 cm³/mol. The number of hydrogen-bond acceptors (Lipinski definition) is 3. The molecule has 1 aromatic carbocycles. The molecule has 0 saturated carbocycles. The van der Waals surface area contributed by atoms with Crippen molar-refractivity contribution in [3.63, 3.8) is 0 Å². The van der Waals surface area contributed by atoms with E-state index in [2.05, 4.69) is 29.9 Å². The Morgan fingerprint density at radius 1 is 1.17 bits per heavy atom. The molecule has 1 heterocycles. The van der Waals surface area contributed by atoms with Gasteiger partial charge in [-0.05, 0) is 17.5 Å². The zero-order chi connectivity index (χ0) is 13.0. The van der Waals surface area contributed by atoms with E-state index in [-0.39, 0.29) is 0 Å². The molecule has 0 N–H and O–H groups in total. The lowest BCUT2D eigenvalue weighted by atomic mass is 10.0. The molecule has 4 heteroatoms. The molecule has 18 heavy (non-hydrogen) atoms. The van der Waals surface area contributed by atoms with Crippen molar-refractivity contribution < 1.29 is 4.74 Å². The SMILES string of the molecule is CC(C)c1ccccc1Oc1cnc(CCl)cn1. The maximum Gasteiger partial charge on any atom is 0.237 e. The first kappa shape index (κ1) is 12.8. The smallest absolute Gasteiger partial charge is 0.237 e. The monoisotopic (exact) mass is 262 g/mol. The first-order valence-corrected chi connectivity index (χ1v) is 6.38. The van der Waals surface area contributed by atoms with Crippen LogP contribution in [0.5, 0.6) is 11.6 Å². The summed E-state index contributed by atoms with van der Waals surface area (Å²) in [6.45, 7) is 4.26. The van der Waals surface area contributed by atoms with Crippen LogP contribution in [0.4, 0.5) is 0 Å². The van der Waals surface area contributed by atoms with E-state index in [0.29, 0.717) is 17.7 Å². The molecule has 0 unspecified atom stereocenters. The van der Waals surface area contributed by atoms with Crippen molar-refractivity contribution in [3.05, 3.63) is 47.9 Å². The van der Waals surface area contributed by atoms with Gasteiger partial charge in [-0.1, -0.05) is 32.0 Å². The van der Waals surface area contributed by atoms with Crippen LogP contribution in [0, 0.1) is 0 Å². The van der Waals surface area contributed by atoms with E-state index >= 15 is 0 Å². The number of ether oxygens (including phenoxy) is 1. The zero-order valence-corrected chi connectivity index (χ0v) is 11.2. The Morgan fingerprint density at radius 3 is 2.56 bits per heavy atom. The van der Waals surface area contributed by atoms with Crippen molar-refractivity contribution in [1.29, 1.82) is 0 Å². The Kier molecular flexibility index (Phi) is 4.15. The highest BCUT2D eigenvalue weighted by Gasteiger charge is 2.08. The molecule has 0 spiro atoms. The Balaban J connectivity index is 2.22. The van der Waals surface area contributed by atoms with E-state index in [1.165, 1.54) is 0 Å². The fourth-order valence-electron chi connectivity index (χ4n) is 1.63. The van der Waals surface area contributed by atoms with Crippen LogP contribution < -0.4 is 4.74 Å². The van der Waals surface area contributed by atoms with Gasteiger partial charge in [0.1, 0.15) is 5.75 Å². The Labute approximate surface area is 112 Å². The van der Waals surface area contributed by atoms with Gasteiger partial charge in [0, 0.05) is 0 Å². The molecule has 0 bridgehead atoms. The fourth-order valence-corrected chi connectivity index (χ4v) is 1.77. The molecule has 0 saturated heterocycles. The summed E-state index contributed by atoms with van der Waals surface area (Å²) in [6, 6.07) is 7.94. The van der Waals surface area contributed by atoms with Crippen LogP contribution in [0.1, 0.15) is 31.0 Å².